The molecule has 10 aromatic rings. The van der Waals surface area contributed by atoms with Crippen LogP contribution in [0.4, 0.5) is 17.1 Å². The minimum Gasteiger partial charge on any atom is -0.453 e. The first-order chi connectivity index (χ1) is 22.8. The first kappa shape index (κ1) is 25.2. The largest absolute Gasteiger partial charge is 0.453 e. The monoisotopic (exact) mass is 585 g/mol. The average Bonchev–Trinajstić information content (AvgIpc) is 3.52. The van der Waals surface area contributed by atoms with Gasteiger partial charge in [0.05, 0.1) is 11.4 Å². The van der Waals surface area contributed by atoms with E-state index in [2.05, 4.69) is 169 Å². The molecular formula is C44H27NO. The molecule has 0 radical (unpaired) electrons. The number of benzene rings is 9. The van der Waals surface area contributed by atoms with Gasteiger partial charge >= 0.3 is 0 Å². The van der Waals surface area contributed by atoms with E-state index in [0.717, 1.165) is 44.4 Å². The average molecular weight is 586 g/mol. The van der Waals surface area contributed by atoms with Crippen LogP contribution in [0.1, 0.15) is 0 Å². The zero-order valence-corrected chi connectivity index (χ0v) is 24.9. The highest BCUT2D eigenvalue weighted by Crippen LogP contribution is 2.47. The molecule has 1 aromatic heterocycles. The molecule has 0 spiro atoms. The SMILES string of the molecule is c1ccc2c(c1)ccc1ccc(N(c3cc4ccccc4c4ccccc34)c3cccc4c3oc3c5ccccc5ccc43)cc12. The fourth-order valence-corrected chi connectivity index (χ4v) is 7.44. The van der Waals surface area contributed by atoms with Gasteiger partial charge in [0.2, 0.25) is 0 Å². The molecule has 0 aliphatic heterocycles. The highest BCUT2D eigenvalue weighted by molar-refractivity contribution is 6.20. The number of anilines is 3. The Morgan fingerprint density at radius 3 is 1.65 bits per heavy atom. The summed E-state index contributed by atoms with van der Waals surface area (Å²) in [6, 6.07) is 59.1. The van der Waals surface area contributed by atoms with Gasteiger partial charge in [0, 0.05) is 27.2 Å². The smallest absolute Gasteiger partial charge is 0.159 e. The molecule has 0 amide bonds. The number of rotatable bonds is 3. The van der Waals surface area contributed by atoms with Crippen molar-refractivity contribution in [3.8, 4) is 0 Å². The summed E-state index contributed by atoms with van der Waals surface area (Å²) in [6.07, 6.45) is 0. The van der Waals surface area contributed by atoms with E-state index < -0.39 is 0 Å². The van der Waals surface area contributed by atoms with Crippen molar-refractivity contribution >= 4 is 92.9 Å². The summed E-state index contributed by atoms with van der Waals surface area (Å²) < 4.78 is 6.94. The van der Waals surface area contributed by atoms with Gasteiger partial charge in [-0.3, -0.25) is 0 Å². The van der Waals surface area contributed by atoms with E-state index >= 15 is 0 Å². The lowest BCUT2D eigenvalue weighted by Crippen LogP contribution is -2.11. The van der Waals surface area contributed by atoms with E-state index in [0.29, 0.717) is 0 Å². The van der Waals surface area contributed by atoms with Crippen LogP contribution in [0, 0.1) is 0 Å². The number of nitrogens with zero attached hydrogens (tertiary/aromatic N) is 1. The van der Waals surface area contributed by atoms with Gasteiger partial charge in [0.15, 0.2) is 5.58 Å². The lowest BCUT2D eigenvalue weighted by Gasteiger charge is -2.28. The van der Waals surface area contributed by atoms with Gasteiger partial charge in [-0.15, -0.1) is 0 Å². The van der Waals surface area contributed by atoms with Crippen molar-refractivity contribution in [3.63, 3.8) is 0 Å². The van der Waals surface area contributed by atoms with Crippen LogP contribution >= 0.6 is 0 Å². The summed E-state index contributed by atoms with van der Waals surface area (Å²) >= 11 is 0. The summed E-state index contributed by atoms with van der Waals surface area (Å²) in [7, 11) is 0. The van der Waals surface area contributed by atoms with Crippen LogP contribution in [-0.4, -0.2) is 0 Å². The summed E-state index contributed by atoms with van der Waals surface area (Å²) in [5.41, 5.74) is 5.02. The van der Waals surface area contributed by atoms with Crippen LogP contribution in [0.25, 0.3) is 75.8 Å². The van der Waals surface area contributed by atoms with Crippen LogP contribution in [0.5, 0.6) is 0 Å². The van der Waals surface area contributed by atoms with Gasteiger partial charge in [-0.1, -0.05) is 133 Å². The molecule has 0 atom stereocenters. The van der Waals surface area contributed by atoms with Crippen molar-refractivity contribution in [2.24, 2.45) is 0 Å². The second kappa shape index (κ2) is 9.69. The molecule has 0 saturated carbocycles. The van der Waals surface area contributed by atoms with Crippen molar-refractivity contribution < 1.29 is 4.42 Å². The molecule has 10 rings (SSSR count). The number of hydrogen-bond acceptors (Lipinski definition) is 2. The molecule has 46 heavy (non-hydrogen) atoms. The van der Waals surface area contributed by atoms with E-state index in [1.165, 1.54) is 48.5 Å². The summed E-state index contributed by atoms with van der Waals surface area (Å²) in [5, 5.41) is 14.4. The summed E-state index contributed by atoms with van der Waals surface area (Å²) in [4.78, 5) is 2.41. The fraction of sp³-hybridized carbons (Fsp3) is 0. The second-order valence-corrected chi connectivity index (χ2v) is 12.1. The quantitative estimate of drug-likeness (QED) is 0.192. The molecule has 2 nitrogen and oxygen atoms in total. The Morgan fingerprint density at radius 2 is 0.848 bits per heavy atom. The maximum atomic E-state index is 6.94. The Hall–Kier alpha value is -6.12. The van der Waals surface area contributed by atoms with Crippen molar-refractivity contribution in [2.45, 2.75) is 0 Å². The summed E-state index contributed by atoms with van der Waals surface area (Å²) in [5.74, 6) is 0. The van der Waals surface area contributed by atoms with E-state index in [4.69, 9.17) is 4.42 Å². The maximum absolute atomic E-state index is 6.94. The number of fused-ring (bicyclic) bond motifs is 11. The molecule has 0 aliphatic carbocycles. The topological polar surface area (TPSA) is 16.4 Å². The third kappa shape index (κ3) is 3.65. The van der Waals surface area contributed by atoms with E-state index in [-0.39, 0.29) is 0 Å². The van der Waals surface area contributed by atoms with Crippen LogP contribution in [0.15, 0.2) is 168 Å². The van der Waals surface area contributed by atoms with E-state index in [1.807, 2.05) is 0 Å². The predicted octanol–water partition coefficient (Wildman–Crippen LogP) is 12.8. The van der Waals surface area contributed by atoms with Crippen molar-refractivity contribution in [2.75, 3.05) is 4.90 Å². The minimum absolute atomic E-state index is 0.879. The number of hydrogen-bond donors (Lipinski definition) is 0. The molecule has 0 bridgehead atoms. The molecule has 9 aromatic carbocycles. The Morgan fingerprint density at radius 1 is 0.304 bits per heavy atom. The first-order valence-electron chi connectivity index (χ1n) is 15.8. The highest BCUT2D eigenvalue weighted by Gasteiger charge is 2.23. The standard InChI is InChI=1S/C44H27NO/c1-4-13-33-28(10-1)20-21-30-22-24-32(27-40(30)33)45(42-26-31-12-3-5-14-34(31)36-16-7-8-17-37(36)42)41-19-9-18-38-39-25-23-29-11-2-6-15-35(29)43(39)46-44(38)41/h1-27H. The predicted molar refractivity (Wildman–Crippen MR) is 196 cm³/mol. The molecule has 2 heteroatoms. The van der Waals surface area contributed by atoms with E-state index in [1.54, 1.807) is 0 Å². The molecule has 0 saturated heterocycles. The number of para-hydroxylation sites is 1. The van der Waals surface area contributed by atoms with Gasteiger partial charge < -0.3 is 9.32 Å². The molecule has 0 aliphatic rings. The Balaban J connectivity index is 1.34. The molecule has 0 unspecified atom stereocenters. The summed E-state index contributed by atoms with van der Waals surface area (Å²) in [6.45, 7) is 0. The van der Waals surface area contributed by atoms with Crippen molar-refractivity contribution in [1.29, 1.82) is 0 Å². The number of furan rings is 1. The van der Waals surface area contributed by atoms with Crippen molar-refractivity contribution in [3.05, 3.63) is 164 Å². The van der Waals surface area contributed by atoms with E-state index in [9.17, 15) is 0 Å². The zero-order valence-electron chi connectivity index (χ0n) is 24.9. The highest BCUT2D eigenvalue weighted by atomic mass is 16.3. The third-order valence-electron chi connectivity index (χ3n) is 9.58. The third-order valence-corrected chi connectivity index (χ3v) is 9.58. The lowest BCUT2D eigenvalue weighted by molar-refractivity contribution is 0.673. The minimum atomic E-state index is 0.879. The lowest BCUT2D eigenvalue weighted by atomic mass is 9.98. The fourth-order valence-electron chi connectivity index (χ4n) is 7.44. The molecule has 214 valence electrons. The maximum Gasteiger partial charge on any atom is 0.159 e. The molecular weight excluding hydrogens is 558 g/mol. The Bertz CT molecular complexity index is 2820. The molecule has 0 N–H and O–H groups in total. The van der Waals surface area contributed by atoms with Crippen LogP contribution in [-0.2, 0) is 0 Å². The molecule has 0 fully saturated rings. The molecule has 1 heterocycles. The van der Waals surface area contributed by atoms with Gasteiger partial charge in [-0.25, -0.2) is 0 Å². The zero-order chi connectivity index (χ0) is 30.2. The van der Waals surface area contributed by atoms with Gasteiger partial charge in [-0.2, -0.15) is 0 Å². The Kier molecular flexibility index (Phi) is 5.31. The Labute approximate surface area is 265 Å². The first-order valence-corrected chi connectivity index (χ1v) is 15.8. The normalized spacial score (nSPS) is 11.9. The van der Waals surface area contributed by atoms with Crippen molar-refractivity contribution in [1.82, 2.24) is 0 Å². The van der Waals surface area contributed by atoms with Crippen LogP contribution < -0.4 is 4.90 Å². The van der Waals surface area contributed by atoms with Gasteiger partial charge in [-0.05, 0) is 73.4 Å². The van der Waals surface area contributed by atoms with Gasteiger partial charge in [0.25, 0.3) is 0 Å². The van der Waals surface area contributed by atoms with Crippen LogP contribution in [0.2, 0.25) is 0 Å². The van der Waals surface area contributed by atoms with Crippen LogP contribution in [0.3, 0.4) is 0 Å². The van der Waals surface area contributed by atoms with Gasteiger partial charge in [0.1, 0.15) is 5.58 Å². The second-order valence-electron chi connectivity index (χ2n) is 12.1.